The van der Waals surface area contributed by atoms with Gasteiger partial charge in [-0.3, -0.25) is 4.57 Å². The normalized spacial score (nSPS) is 11.0. The molecule has 0 spiro atoms. The molecule has 0 aliphatic rings. The highest BCUT2D eigenvalue weighted by Crippen LogP contribution is 2.36. The highest BCUT2D eigenvalue weighted by atomic mass is 32.1. The van der Waals surface area contributed by atoms with Gasteiger partial charge < -0.3 is 4.57 Å². The van der Waals surface area contributed by atoms with Gasteiger partial charge in [-0.2, -0.15) is 0 Å². The lowest BCUT2D eigenvalue weighted by atomic mass is 10.1. The fourth-order valence-corrected chi connectivity index (χ4v) is 3.50. The molecular formula is C17H14N4S. The molecule has 0 N–H and O–H groups in total. The molecule has 0 aliphatic heterocycles. The molecule has 0 amide bonds. The van der Waals surface area contributed by atoms with Crippen LogP contribution in [0.3, 0.4) is 0 Å². The number of nitrogens with zero attached hydrogens (tertiary/aromatic N) is 4. The van der Waals surface area contributed by atoms with E-state index in [1.165, 1.54) is 16.0 Å². The molecule has 0 unspecified atom stereocenters. The van der Waals surface area contributed by atoms with Crippen molar-refractivity contribution in [3.8, 4) is 21.1 Å². The van der Waals surface area contributed by atoms with Gasteiger partial charge >= 0.3 is 0 Å². The van der Waals surface area contributed by atoms with Gasteiger partial charge in [0.25, 0.3) is 0 Å². The SMILES string of the molecule is Cc1ccc(-c2cc(-n3ccnc3)c(-n3ccnc3)s2)cc1. The van der Waals surface area contributed by atoms with E-state index in [9.17, 15) is 0 Å². The Labute approximate surface area is 132 Å². The molecule has 0 fully saturated rings. The summed E-state index contributed by atoms with van der Waals surface area (Å²) in [5, 5.41) is 1.13. The van der Waals surface area contributed by atoms with Crippen molar-refractivity contribution in [2.24, 2.45) is 0 Å². The number of aryl methyl sites for hydroxylation is 1. The Hall–Kier alpha value is -2.66. The van der Waals surface area contributed by atoms with Gasteiger partial charge in [-0.15, -0.1) is 11.3 Å². The average molecular weight is 306 g/mol. The van der Waals surface area contributed by atoms with Crippen molar-refractivity contribution in [2.45, 2.75) is 6.92 Å². The number of hydrogen-bond acceptors (Lipinski definition) is 3. The molecule has 0 aliphatic carbocycles. The standard InChI is InChI=1S/C17H14N4S/c1-13-2-4-14(5-3-13)16-10-15(20-8-6-18-11-20)17(22-16)21-9-7-19-12-21/h2-12H,1H3. The Kier molecular flexibility index (Phi) is 3.12. The van der Waals surface area contributed by atoms with E-state index < -0.39 is 0 Å². The molecule has 0 atom stereocenters. The fourth-order valence-electron chi connectivity index (χ4n) is 2.38. The van der Waals surface area contributed by atoms with Crippen LogP contribution in [0.1, 0.15) is 5.56 Å². The minimum absolute atomic E-state index is 1.11. The zero-order valence-corrected chi connectivity index (χ0v) is 12.9. The number of thiophene rings is 1. The smallest absolute Gasteiger partial charge is 0.125 e. The van der Waals surface area contributed by atoms with Gasteiger partial charge in [0.1, 0.15) is 5.00 Å². The zero-order chi connectivity index (χ0) is 14.9. The molecule has 0 saturated heterocycles. The van der Waals surface area contributed by atoms with Gasteiger partial charge in [-0.05, 0) is 18.6 Å². The topological polar surface area (TPSA) is 35.6 Å². The van der Waals surface area contributed by atoms with Gasteiger partial charge in [-0.25, -0.2) is 9.97 Å². The van der Waals surface area contributed by atoms with Crippen LogP contribution < -0.4 is 0 Å². The second-order valence-corrected chi connectivity index (χ2v) is 6.14. The van der Waals surface area contributed by atoms with E-state index in [2.05, 4.69) is 47.2 Å². The van der Waals surface area contributed by atoms with Crippen molar-refractivity contribution in [1.29, 1.82) is 0 Å². The van der Waals surface area contributed by atoms with Crippen molar-refractivity contribution in [3.63, 3.8) is 0 Å². The summed E-state index contributed by atoms with van der Waals surface area (Å²) in [5.41, 5.74) is 3.60. The monoisotopic (exact) mass is 306 g/mol. The first kappa shape index (κ1) is 13.0. The van der Waals surface area contributed by atoms with Crippen molar-refractivity contribution >= 4 is 11.3 Å². The third kappa shape index (κ3) is 2.25. The van der Waals surface area contributed by atoms with Gasteiger partial charge in [0.15, 0.2) is 0 Å². The molecule has 108 valence electrons. The average Bonchev–Trinajstić information content (AvgIpc) is 3.27. The lowest BCUT2D eigenvalue weighted by Crippen LogP contribution is -1.95. The van der Waals surface area contributed by atoms with Gasteiger partial charge in [0.2, 0.25) is 0 Å². The predicted molar refractivity (Wildman–Crippen MR) is 88.7 cm³/mol. The number of aromatic nitrogens is 4. The highest BCUT2D eigenvalue weighted by Gasteiger charge is 2.13. The molecule has 3 heterocycles. The molecule has 4 aromatic rings. The minimum Gasteiger partial charge on any atom is -0.303 e. The van der Waals surface area contributed by atoms with Crippen molar-refractivity contribution in [2.75, 3.05) is 0 Å². The first-order valence-corrected chi connectivity index (χ1v) is 7.80. The first-order valence-electron chi connectivity index (χ1n) is 6.99. The molecule has 0 radical (unpaired) electrons. The van der Waals surface area contributed by atoms with Crippen molar-refractivity contribution < 1.29 is 0 Å². The van der Waals surface area contributed by atoms with E-state index in [4.69, 9.17) is 0 Å². The van der Waals surface area contributed by atoms with Crippen LogP contribution in [0, 0.1) is 6.92 Å². The Balaban J connectivity index is 1.88. The third-order valence-corrected chi connectivity index (χ3v) is 4.74. The maximum absolute atomic E-state index is 4.16. The summed E-state index contributed by atoms with van der Waals surface area (Å²) in [6.07, 6.45) is 11.2. The van der Waals surface area contributed by atoms with Crippen LogP contribution in [-0.4, -0.2) is 19.1 Å². The van der Waals surface area contributed by atoms with Gasteiger partial charge in [0, 0.05) is 29.7 Å². The molecular weight excluding hydrogens is 292 g/mol. The Morgan fingerprint density at radius 2 is 1.59 bits per heavy atom. The Bertz CT molecular complexity index is 820. The lowest BCUT2D eigenvalue weighted by molar-refractivity contribution is 1.01. The third-order valence-electron chi connectivity index (χ3n) is 3.55. The van der Waals surface area contributed by atoms with E-state index in [1.54, 1.807) is 23.7 Å². The molecule has 3 aromatic heterocycles. The summed E-state index contributed by atoms with van der Waals surface area (Å²) in [6.45, 7) is 2.10. The van der Waals surface area contributed by atoms with Gasteiger partial charge in [-0.1, -0.05) is 29.8 Å². The Morgan fingerprint density at radius 3 is 2.23 bits per heavy atom. The minimum atomic E-state index is 1.11. The van der Waals surface area contributed by atoms with Crippen LogP contribution in [-0.2, 0) is 0 Å². The number of hydrogen-bond donors (Lipinski definition) is 0. The summed E-state index contributed by atoms with van der Waals surface area (Å²) in [7, 11) is 0. The van der Waals surface area contributed by atoms with Crippen LogP contribution >= 0.6 is 11.3 Å². The molecule has 4 rings (SSSR count). The molecule has 4 nitrogen and oxygen atoms in total. The van der Waals surface area contributed by atoms with E-state index in [1.807, 2.05) is 34.2 Å². The van der Waals surface area contributed by atoms with Crippen LogP contribution in [0.15, 0.2) is 67.8 Å². The summed E-state index contributed by atoms with van der Waals surface area (Å²) in [6, 6.07) is 10.8. The van der Waals surface area contributed by atoms with E-state index in [0.717, 1.165) is 10.7 Å². The number of benzene rings is 1. The zero-order valence-electron chi connectivity index (χ0n) is 12.0. The summed E-state index contributed by atoms with van der Waals surface area (Å²) >= 11 is 1.75. The fraction of sp³-hybridized carbons (Fsp3) is 0.0588. The van der Waals surface area contributed by atoms with Gasteiger partial charge in [0.05, 0.1) is 18.3 Å². The second kappa shape index (κ2) is 5.27. The van der Waals surface area contributed by atoms with E-state index in [0.29, 0.717) is 0 Å². The Morgan fingerprint density at radius 1 is 0.909 bits per heavy atom. The van der Waals surface area contributed by atoms with Crippen molar-refractivity contribution in [3.05, 3.63) is 73.3 Å². The number of rotatable bonds is 3. The summed E-state index contributed by atoms with van der Waals surface area (Å²) in [4.78, 5) is 9.55. The first-order chi connectivity index (χ1) is 10.8. The largest absolute Gasteiger partial charge is 0.303 e. The number of imidazole rings is 2. The van der Waals surface area contributed by atoms with Crippen LogP contribution in [0.25, 0.3) is 21.1 Å². The van der Waals surface area contributed by atoms with Crippen molar-refractivity contribution in [1.82, 2.24) is 19.1 Å². The predicted octanol–water partition coefficient (Wildman–Crippen LogP) is 4.09. The van der Waals surface area contributed by atoms with E-state index in [-0.39, 0.29) is 0 Å². The molecule has 1 aromatic carbocycles. The molecule has 22 heavy (non-hydrogen) atoms. The summed E-state index contributed by atoms with van der Waals surface area (Å²) in [5.74, 6) is 0. The molecule has 5 heteroatoms. The van der Waals surface area contributed by atoms with E-state index >= 15 is 0 Å². The van der Waals surface area contributed by atoms with Crippen LogP contribution in [0.2, 0.25) is 0 Å². The van der Waals surface area contributed by atoms with Crippen LogP contribution in [0.5, 0.6) is 0 Å². The quantitative estimate of drug-likeness (QED) is 0.571. The molecule has 0 bridgehead atoms. The molecule has 0 saturated carbocycles. The second-order valence-electron chi connectivity index (χ2n) is 5.11. The summed E-state index contributed by atoms with van der Waals surface area (Å²) < 4.78 is 4.07. The maximum atomic E-state index is 4.16. The van der Waals surface area contributed by atoms with Crippen LogP contribution in [0.4, 0.5) is 0 Å². The lowest BCUT2D eigenvalue weighted by Gasteiger charge is -2.03. The highest BCUT2D eigenvalue weighted by molar-refractivity contribution is 7.18. The maximum Gasteiger partial charge on any atom is 0.125 e.